The summed E-state index contributed by atoms with van der Waals surface area (Å²) >= 11 is 0. The molecule has 0 unspecified atom stereocenters. The molecule has 5 rings (SSSR count). The second-order valence-corrected chi connectivity index (χ2v) is 8.30. The minimum atomic E-state index is -0.0301. The van der Waals surface area contributed by atoms with Crippen molar-refractivity contribution in [1.29, 1.82) is 0 Å². The van der Waals surface area contributed by atoms with E-state index < -0.39 is 0 Å². The van der Waals surface area contributed by atoms with Crippen LogP contribution in [0.15, 0.2) is 47.4 Å². The Morgan fingerprint density at radius 3 is 2.72 bits per heavy atom. The number of fused-ring (bicyclic) bond motifs is 1. The van der Waals surface area contributed by atoms with Crippen molar-refractivity contribution in [3.63, 3.8) is 0 Å². The Labute approximate surface area is 185 Å². The highest BCUT2D eigenvalue weighted by molar-refractivity contribution is 5.95. The number of anilines is 1. The second-order valence-electron chi connectivity index (χ2n) is 8.30. The maximum Gasteiger partial charge on any atom is 0.228 e. The summed E-state index contributed by atoms with van der Waals surface area (Å²) in [6.45, 7) is 4.08. The Hall–Kier alpha value is -3.59. The summed E-state index contributed by atoms with van der Waals surface area (Å²) in [7, 11) is 1.90. The molecule has 164 valence electrons. The number of hydrogen-bond acceptors (Lipinski definition) is 7. The number of nitrogens with one attached hydrogen (secondary N) is 1. The molecule has 1 aromatic carbocycles. The van der Waals surface area contributed by atoms with Crippen molar-refractivity contribution in [2.24, 2.45) is 13.0 Å². The highest BCUT2D eigenvalue weighted by atomic mass is 16.5. The summed E-state index contributed by atoms with van der Waals surface area (Å²) < 4.78 is 6.82. The van der Waals surface area contributed by atoms with Crippen molar-refractivity contribution < 1.29 is 9.32 Å². The highest BCUT2D eigenvalue weighted by Gasteiger charge is 2.26. The zero-order chi connectivity index (χ0) is 22.1. The summed E-state index contributed by atoms with van der Waals surface area (Å²) in [6, 6.07) is 8.13. The number of benzene rings is 1. The number of hydrogen-bond donors (Lipinski definition) is 1. The predicted octanol–water partition coefficient (Wildman–Crippen LogP) is 3.18. The Kier molecular flexibility index (Phi) is 5.40. The number of nitrogens with zero attached hydrogens (tertiary/aromatic N) is 6. The van der Waals surface area contributed by atoms with Crippen LogP contribution in [-0.2, 0) is 18.4 Å². The standard InChI is InChI=1S/C23H25N7O2/c1-15-26-22(28-32-15)14-30-7-5-16(6-8-30)23(31)27-21-10-19-9-17(3-4-18(19)11-24-21)20-12-25-29(2)13-20/h3-4,9-13,16H,5-8,14H2,1-2H3,(H,24,27,31). The smallest absolute Gasteiger partial charge is 0.228 e. The molecule has 0 bridgehead atoms. The largest absolute Gasteiger partial charge is 0.340 e. The zero-order valence-corrected chi connectivity index (χ0v) is 18.2. The fraction of sp³-hybridized carbons (Fsp3) is 0.348. The number of carbonyl (C=O) groups excluding carboxylic acids is 1. The van der Waals surface area contributed by atoms with Crippen LogP contribution >= 0.6 is 0 Å². The maximum absolute atomic E-state index is 12.8. The van der Waals surface area contributed by atoms with Gasteiger partial charge >= 0.3 is 0 Å². The molecule has 0 atom stereocenters. The molecule has 32 heavy (non-hydrogen) atoms. The molecule has 3 aromatic heterocycles. The Bertz CT molecular complexity index is 1250. The van der Waals surface area contributed by atoms with Crippen LogP contribution < -0.4 is 5.32 Å². The van der Waals surface area contributed by atoms with Crippen LogP contribution in [0.4, 0.5) is 5.82 Å². The minimum absolute atomic E-state index is 0.0234. The van der Waals surface area contributed by atoms with Gasteiger partial charge in [0.2, 0.25) is 11.8 Å². The van der Waals surface area contributed by atoms with Gasteiger partial charge in [0, 0.05) is 43.2 Å². The van der Waals surface area contributed by atoms with E-state index in [1.165, 1.54) is 0 Å². The first-order valence-electron chi connectivity index (χ1n) is 10.7. The summed E-state index contributed by atoms with van der Waals surface area (Å²) in [6.07, 6.45) is 7.21. The Balaban J connectivity index is 1.22. The lowest BCUT2D eigenvalue weighted by atomic mass is 9.96. The molecule has 1 saturated heterocycles. The van der Waals surface area contributed by atoms with Gasteiger partial charge in [0.1, 0.15) is 5.82 Å². The van der Waals surface area contributed by atoms with E-state index in [1.807, 2.05) is 31.6 Å². The van der Waals surface area contributed by atoms with Crippen molar-refractivity contribution >= 4 is 22.5 Å². The molecule has 0 aliphatic carbocycles. The van der Waals surface area contributed by atoms with Crippen molar-refractivity contribution in [1.82, 2.24) is 29.8 Å². The van der Waals surface area contributed by atoms with Gasteiger partial charge in [-0.25, -0.2) is 4.98 Å². The van der Waals surface area contributed by atoms with Crippen molar-refractivity contribution in [3.8, 4) is 11.1 Å². The normalized spacial score (nSPS) is 15.3. The van der Waals surface area contributed by atoms with Crippen LogP contribution in [0.25, 0.3) is 21.9 Å². The third kappa shape index (κ3) is 4.38. The SMILES string of the molecule is Cc1nc(CN2CCC(C(=O)Nc3cc4cc(-c5cnn(C)c5)ccc4cn3)CC2)no1. The van der Waals surface area contributed by atoms with Gasteiger partial charge in [0.15, 0.2) is 5.82 Å². The third-order valence-corrected chi connectivity index (χ3v) is 5.90. The summed E-state index contributed by atoms with van der Waals surface area (Å²) in [5.41, 5.74) is 2.14. The minimum Gasteiger partial charge on any atom is -0.340 e. The van der Waals surface area contributed by atoms with Crippen molar-refractivity contribution in [2.75, 3.05) is 18.4 Å². The fourth-order valence-electron chi connectivity index (χ4n) is 4.15. The van der Waals surface area contributed by atoms with Gasteiger partial charge in [-0.05, 0) is 49.0 Å². The average Bonchev–Trinajstić information content (AvgIpc) is 3.41. The average molecular weight is 432 g/mol. The second kappa shape index (κ2) is 8.51. The molecule has 1 fully saturated rings. The number of amides is 1. The van der Waals surface area contributed by atoms with Crippen LogP contribution in [0.2, 0.25) is 0 Å². The molecule has 1 aliphatic rings. The van der Waals surface area contributed by atoms with Crippen LogP contribution in [0.5, 0.6) is 0 Å². The quantitative estimate of drug-likeness (QED) is 0.518. The lowest BCUT2D eigenvalue weighted by Crippen LogP contribution is -2.38. The van der Waals surface area contributed by atoms with Gasteiger partial charge in [-0.3, -0.25) is 14.4 Å². The molecule has 1 amide bonds. The molecule has 0 saturated carbocycles. The van der Waals surface area contributed by atoms with Crippen LogP contribution in [-0.4, -0.2) is 48.8 Å². The molecule has 4 aromatic rings. The molecule has 4 heterocycles. The molecule has 9 heteroatoms. The molecule has 9 nitrogen and oxygen atoms in total. The molecule has 0 spiro atoms. The number of rotatable bonds is 5. The van der Waals surface area contributed by atoms with E-state index in [1.54, 1.807) is 17.8 Å². The van der Waals surface area contributed by atoms with E-state index in [-0.39, 0.29) is 11.8 Å². The molecule has 0 radical (unpaired) electrons. The monoisotopic (exact) mass is 431 g/mol. The first-order chi connectivity index (χ1) is 15.5. The number of piperidine rings is 1. The number of carbonyl (C=O) groups is 1. The molecular formula is C23H25N7O2. The van der Waals surface area contributed by atoms with Gasteiger partial charge in [0.05, 0.1) is 12.7 Å². The van der Waals surface area contributed by atoms with Gasteiger partial charge in [-0.2, -0.15) is 10.1 Å². The van der Waals surface area contributed by atoms with E-state index in [4.69, 9.17) is 4.52 Å². The Morgan fingerprint density at radius 1 is 1.16 bits per heavy atom. The molecular weight excluding hydrogens is 406 g/mol. The van der Waals surface area contributed by atoms with Crippen molar-refractivity contribution in [2.45, 2.75) is 26.3 Å². The summed E-state index contributed by atoms with van der Waals surface area (Å²) in [5, 5.41) is 13.3. The van der Waals surface area contributed by atoms with E-state index in [2.05, 4.69) is 42.6 Å². The van der Waals surface area contributed by atoms with Gasteiger partial charge in [0.25, 0.3) is 0 Å². The van der Waals surface area contributed by atoms with Gasteiger partial charge in [-0.1, -0.05) is 17.3 Å². The molecule has 1 N–H and O–H groups in total. The highest BCUT2D eigenvalue weighted by Crippen LogP contribution is 2.26. The number of aryl methyl sites for hydroxylation is 2. The first-order valence-corrected chi connectivity index (χ1v) is 10.7. The van der Waals surface area contributed by atoms with E-state index in [0.717, 1.165) is 47.8 Å². The van der Waals surface area contributed by atoms with E-state index >= 15 is 0 Å². The van der Waals surface area contributed by atoms with Gasteiger partial charge in [-0.15, -0.1) is 0 Å². The Morgan fingerprint density at radius 2 is 2.00 bits per heavy atom. The summed E-state index contributed by atoms with van der Waals surface area (Å²) in [5.74, 6) is 1.84. The van der Waals surface area contributed by atoms with Crippen LogP contribution in [0, 0.1) is 12.8 Å². The predicted molar refractivity (Wildman–Crippen MR) is 120 cm³/mol. The zero-order valence-electron chi connectivity index (χ0n) is 18.2. The number of pyridine rings is 1. The van der Waals surface area contributed by atoms with Crippen LogP contribution in [0.3, 0.4) is 0 Å². The lowest BCUT2D eigenvalue weighted by Gasteiger charge is -2.30. The third-order valence-electron chi connectivity index (χ3n) is 5.90. The van der Waals surface area contributed by atoms with E-state index in [0.29, 0.717) is 24.1 Å². The first kappa shape index (κ1) is 20.3. The van der Waals surface area contributed by atoms with Crippen molar-refractivity contribution in [3.05, 3.63) is 54.6 Å². The topological polar surface area (TPSA) is 102 Å². The van der Waals surface area contributed by atoms with Gasteiger partial charge < -0.3 is 9.84 Å². The van der Waals surface area contributed by atoms with Crippen LogP contribution in [0.1, 0.15) is 24.6 Å². The number of likely N-dealkylation sites (tertiary alicyclic amines) is 1. The maximum atomic E-state index is 12.8. The molecule has 1 aliphatic heterocycles. The fourth-order valence-corrected chi connectivity index (χ4v) is 4.15. The lowest BCUT2D eigenvalue weighted by molar-refractivity contribution is -0.121. The van der Waals surface area contributed by atoms with E-state index in [9.17, 15) is 4.79 Å². The summed E-state index contributed by atoms with van der Waals surface area (Å²) in [4.78, 5) is 23.8. The number of aromatic nitrogens is 5.